The molecule has 0 saturated carbocycles. The molecule has 2 nitrogen and oxygen atoms in total. The van der Waals surface area contributed by atoms with E-state index in [1.165, 1.54) is 11.5 Å². The van der Waals surface area contributed by atoms with Crippen molar-refractivity contribution in [3.05, 3.63) is 9.74 Å². The summed E-state index contributed by atoms with van der Waals surface area (Å²) in [5.41, 5.74) is 0. The van der Waals surface area contributed by atoms with Gasteiger partial charge in [-0.3, -0.25) is 0 Å². The van der Waals surface area contributed by atoms with E-state index in [9.17, 15) is 0 Å². The van der Waals surface area contributed by atoms with Crippen LogP contribution < -0.4 is 0 Å². The summed E-state index contributed by atoms with van der Waals surface area (Å²) in [6.07, 6.45) is 0.975. The van der Waals surface area contributed by atoms with Gasteiger partial charge in [0.15, 0.2) is 0 Å². The van der Waals surface area contributed by atoms with E-state index < -0.39 is 0 Å². The summed E-state index contributed by atoms with van der Waals surface area (Å²) in [7, 11) is 0. The zero-order chi connectivity index (χ0) is 5.98. The van der Waals surface area contributed by atoms with Gasteiger partial charge in [0.2, 0.25) is 4.73 Å². The first-order valence-electron chi connectivity index (χ1n) is 2.31. The molecule has 0 aliphatic rings. The molecule has 4 heteroatoms. The minimum atomic E-state index is 0.708. The smallest absolute Gasteiger partial charge is 0.209 e. The molecule has 0 fully saturated rings. The lowest BCUT2D eigenvalue weighted by Gasteiger charge is -1.75. The molecule has 0 aliphatic heterocycles. The summed E-state index contributed by atoms with van der Waals surface area (Å²) in [4.78, 5) is 4.05. The number of hydrogen-bond donors (Lipinski definition) is 0. The first-order valence-corrected chi connectivity index (χ1v) is 3.87. The second-order valence-corrected chi connectivity index (χ2v) is 2.86. The summed E-state index contributed by atoms with van der Waals surface area (Å²) in [5, 5.41) is 1.08. The summed E-state index contributed by atoms with van der Waals surface area (Å²) in [6, 6.07) is 0. The van der Waals surface area contributed by atoms with E-state index >= 15 is 0 Å². The molecule has 0 spiro atoms. The average Bonchev–Trinajstić information content (AvgIpc) is 2.14. The van der Waals surface area contributed by atoms with Gasteiger partial charge in [0.1, 0.15) is 5.01 Å². The van der Waals surface area contributed by atoms with Crippen LogP contribution in [0, 0.1) is 0 Å². The highest BCUT2D eigenvalue weighted by Crippen LogP contribution is 2.09. The van der Waals surface area contributed by atoms with Crippen molar-refractivity contribution in [1.82, 2.24) is 9.36 Å². The van der Waals surface area contributed by atoms with Crippen molar-refractivity contribution >= 4 is 27.5 Å². The average molecular weight is 193 g/mol. The van der Waals surface area contributed by atoms with E-state index in [1.807, 2.05) is 0 Å². The Morgan fingerprint density at radius 3 is 2.75 bits per heavy atom. The van der Waals surface area contributed by atoms with Gasteiger partial charge >= 0.3 is 0 Å². The van der Waals surface area contributed by atoms with Crippen molar-refractivity contribution < 1.29 is 0 Å². The Morgan fingerprint density at radius 1 is 1.75 bits per heavy atom. The van der Waals surface area contributed by atoms with Crippen LogP contribution >= 0.6 is 27.5 Å². The third kappa shape index (κ3) is 1.26. The maximum atomic E-state index is 4.05. The minimum Gasteiger partial charge on any atom is -0.214 e. The Kier molecular flexibility index (Phi) is 1.96. The Morgan fingerprint density at radius 2 is 2.50 bits per heavy atom. The summed E-state index contributed by atoms with van der Waals surface area (Å²) < 4.78 is 4.64. The predicted octanol–water partition coefficient (Wildman–Crippen LogP) is 1.86. The van der Waals surface area contributed by atoms with Crippen molar-refractivity contribution in [3.8, 4) is 0 Å². The molecule has 1 rings (SSSR count). The Labute approximate surface area is 60.2 Å². The summed E-state index contributed by atoms with van der Waals surface area (Å²) >= 11 is 4.60. The fourth-order valence-electron chi connectivity index (χ4n) is 0.378. The van der Waals surface area contributed by atoms with Crippen LogP contribution in [0.1, 0.15) is 11.9 Å². The highest BCUT2D eigenvalue weighted by Gasteiger charge is 1.94. The van der Waals surface area contributed by atoms with E-state index in [1.54, 1.807) is 0 Å². The number of halogens is 1. The topological polar surface area (TPSA) is 25.8 Å². The molecule has 8 heavy (non-hydrogen) atoms. The monoisotopic (exact) mass is 192 g/mol. The van der Waals surface area contributed by atoms with Gasteiger partial charge in [-0.05, 0) is 33.9 Å². The number of aromatic nitrogens is 2. The normalized spacial score (nSPS) is 9.75. The molecule has 0 saturated heterocycles. The molecule has 0 N–H and O–H groups in total. The second-order valence-electron chi connectivity index (χ2n) is 1.31. The SMILES string of the molecule is CCc1nc(Br)ns1. The number of rotatable bonds is 1. The van der Waals surface area contributed by atoms with Crippen molar-refractivity contribution in [2.45, 2.75) is 13.3 Å². The lowest BCUT2D eigenvalue weighted by atomic mass is 10.5. The number of nitrogens with zero attached hydrogens (tertiary/aromatic N) is 2. The molecule has 0 amide bonds. The Balaban J connectivity index is 2.84. The Hall–Kier alpha value is 0.0400. The van der Waals surface area contributed by atoms with E-state index in [0.29, 0.717) is 4.73 Å². The zero-order valence-corrected chi connectivity index (χ0v) is 6.79. The van der Waals surface area contributed by atoms with Gasteiger partial charge in [-0.2, -0.15) is 4.37 Å². The van der Waals surface area contributed by atoms with Crippen LogP contribution in [0.2, 0.25) is 0 Å². The maximum absolute atomic E-state index is 4.05. The standard InChI is InChI=1S/C4H5BrN2S/c1-2-3-6-4(5)7-8-3/h2H2,1H3. The summed E-state index contributed by atoms with van der Waals surface area (Å²) in [5.74, 6) is 0. The number of aryl methyl sites for hydroxylation is 1. The lowest BCUT2D eigenvalue weighted by Crippen LogP contribution is -1.73. The minimum absolute atomic E-state index is 0.708. The van der Waals surface area contributed by atoms with Gasteiger partial charge in [-0.1, -0.05) is 6.92 Å². The molecule has 0 unspecified atom stereocenters. The molecule has 0 bridgehead atoms. The molecule has 0 aliphatic carbocycles. The molecule has 0 aromatic carbocycles. The highest BCUT2D eigenvalue weighted by atomic mass is 79.9. The first kappa shape index (κ1) is 6.16. The first-order chi connectivity index (χ1) is 3.83. The van der Waals surface area contributed by atoms with Gasteiger partial charge in [0.25, 0.3) is 0 Å². The molecular formula is C4H5BrN2S. The molecule has 44 valence electrons. The van der Waals surface area contributed by atoms with Crippen LogP contribution in [-0.4, -0.2) is 9.36 Å². The Bertz CT molecular complexity index is 174. The van der Waals surface area contributed by atoms with Crippen molar-refractivity contribution in [2.24, 2.45) is 0 Å². The molecule has 1 heterocycles. The van der Waals surface area contributed by atoms with Gasteiger partial charge in [-0.15, -0.1) is 0 Å². The fourth-order valence-corrected chi connectivity index (χ4v) is 1.40. The van der Waals surface area contributed by atoms with Crippen molar-refractivity contribution in [1.29, 1.82) is 0 Å². The second kappa shape index (κ2) is 2.55. The molecule has 1 aromatic rings. The van der Waals surface area contributed by atoms with Gasteiger partial charge < -0.3 is 0 Å². The molecule has 0 radical (unpaired) electrons. The quantitative estimate of drug-likeness (QED) is 0.680. The number of hydrogen-bond acceptors (Lipinski definition) is 3. The van der Waals surface area contributed by atoms with Crippen LogP contribution in [0.15, 0.2) is 4.73 Å². The molecule has 1 aromatic heterocycles. The van der Waals surface area contributed by atoms with Crippen LogP contribution in [0.5, 0.6) is 0 Å². The van der Waals surface area contributed by atoms with Gasteiger partial charge in [0.05, 0.1) is 0 Å². The summed E-state index contributed by atoms with van der Waals surface area (Å²) in [6.45, 7) is 2.06. The van der Waals surface area contributed by atoms with E-state index in [0.717, 1.165) is 11.4 Å². The fraction of sp³-hybridized carbons (Fsp3) is 0.500. The maximum Gasteiger partial charge on any atom is 0.209 e. The van der Waals surface area contributed by atoms with E-state index in [2.05, 4.69) is 32.2 Å². The lowest BCUT2D eigenvalue weighted by molar-refractivity contribution is 1.07. The van der Waals surface area contributed by atoms with Crippen LogP contribution in [0.25, 0.3) is 0 Å². The molecule has 0 atom stereocenters. The van der Waals surface area contributed by atoms with Gasteiger partial charge in [-0.25, -0.2) is 4.98 Å². The predicted molar refractivity (Wildman–Crippen MR) is 37.0 cm³/mol. The van der Waals surface area contributed by atoms with Crippen LogP contribution in [0.3, 0.4) is 0 Å². The van der Waals surface area contributed by atoms with Crippen molar-refractivity contribution in [3.63, 3.8) is 0 Å². The third-order valence-corrected chi connectivity index (χ3v) is 2.19. The largest absolute Gasteiger partial charge is 0.214 e. The molecular weight excluding hydrogens is 188 g/mol. The van der Waals surface area contributed by atoms with Crippen LogP contribution in [-0.2, 0) is 6.42 Å². The van der Waals surface area contributed by atoms with E-state index in [-0.39, 0.29) is 0 Å². The third-order valence-electron chi connectivity index (χ3n) is 0.746. The van der Waals surface area contributed by atoms with Gasteiger partial charge in [0, 0.05) is 0 Å². The van der Waals surface area contributed by atoms with E-state index in [4.69, 9.17) is 0 Å². The highest BCUT2D eigenvalue weighted by molar-refractivity contribution is 9.10. The zero-order valence-electron chi connectivity index (χ0n) is 4.39. The van der Waals surface area contributed by atoms with Crippen molar-refractivity contribution in [2.75, 3.05) is 0 Å². The van der Waals surface area contributed by atoms with Crippen LogP contribution in [0.4, 0.5) is 0 Å².